The highest BCUT2D eigenvalue weighted by molar-refractivity contribution is 5.80. The molecule has 3 rings (SSSR count). The summed E-state index contributed by atoms with van der Waals surface area (Å²) in [6.45, 7) is 2.99. The Morgan fingerprint density at radius 2 is 2.21 bits per heavy atom. The van der Waals surface area contributed by atoms with Crippen LogP contribution in [0.4, 0.5) is 0 Å². The summed E-state index contributed by atoms with van der Waals surface area (Å²) in [5.41, 5.74) is 0. The third-order valence-corrected chi connectivity index (χ3v) is 4.14. The predicted octanol–water partition coefficient (Wildman–Crippen LogP) is 0.607. The summed E-state index contributed by atoms with van der Waals surface area (Å²) in [5.74, 6) is 1.57. The number of rotatable bonds is 1. The van der Waals surface area contributed by atoms with E-state index in [1.165, 1.54) is 19.3 Å². The molecular formula is C11H18N2O. The molecule has 3 atom stereocenters. The number of carbonyl (C=O) groups is 1. The van der Waals surface area contributed by atoms with Crippen LogP contribution in [0.15, 0.2) is 0 Å². The minimum Gasteiger partial charge on any atom is -0.339 e. The molecular weight excluding hydrogens is 176 g/mol. The highest BCUT2D eigenvalue weighted by atomic mass is 16.2. The number of hydrogen-bond donors (Lipinski definition) is 1. The van der Waals surface area contributed by atoms with Crippen molar-refractivity contribution in [2.45, 2.75) is 31.7 Å². The van der Waals surface area contributed by atoms with Gasteiger partial charge < -0.3 is 10.2 Å². The molecule has 0 aromatic rings. The number of amides is 1. The molecule has 1 saturated carbocycles. The van der Waals surface area contributed by atoms with Gasteiger partial charge in [0.15, 0.2) is 0 Å². The van der Waals surface area contributed by atoms with Crippen molar-refractivity contribution in [2.75, 3.05) is 19.6 Å². The highest BCUT2D eigenvalue weighted by Crippen LogP contribution is 2.39. The lowest BCUT2D eigenvalue weighted by Gasteiger charge is -2.45. The van der Waals surface area contributed by atoms with E-state index in [-0.39, 0.29) is 5.92 Å². The van der Waals surface area contributed by atoms with Gasteiger partial charge in [-0.05, 0) is 31.7 Å². The van der Waals surface area contributed by atoms with Crippen molar-refractivity contribution in [2.24, 2.45) is 11.8 Å². The van der Waals surface area contributed by atoms with Crippen LogP contribution in [-0.4, -0.2) is 36.5 Å². The number of likely N-dealkylation sites (tertiary alicyclic amines) is 1. The fourth-order valence-electron chi connectivity index (χ4n) is 3.24. The van der Waals surface area contributed by atoms with Crippen LogP contribution in [0, 0.1) is 11.8 Å². The van der Waals surface area contributed by atoms with E-state index in [1.54, 1.807) is 0 Å². The van der Waals surface area contributed by atoms with Crippen LogP contribution in [0.25, 0.3) is 0 Å². The van der Waals surface area contributed by atoms with Gasteiger partial charge in [0, 0.05) is 19.1 Å². The average molecular weight is 194 g/mol. The van der Waals surface area contributed by atoms with Crippen molar-refractivity contribution in [3.63, 3.8) is 0 Å². The second kappa shape index (κ2) is 3.23. The van der Waals surface area contributed by atoms with Crippen LogP contribution in [0.5, 0.6) is 0 Å². The molecule has 3 nitrogen and oxygen atoms in total. The van der Waals surface area contributed by atoms with E-state index in [0.717, 1.165) is 32.0 Å². The van der Waals surface area contributed by atoms with Crippen LogP contribution in [0.2, 0.25) is 0 Å². The Bertz CT molecular complexity index is 248. The molecule has 1 aliphatic carbocycles. The molecule has 0 aromatic heterocycles. The Morgan fingerprint density at radius 3 is 2.93 bits per heavy atom. The summed E-state index contributed by atoms with van der Waals surface area (Å²) < 4.78 is 0. The molecule has 2 saturated heterocycles. The van der Waals surface area contributed by atoms with Gasteiger partial charge in [0.05, 0.1) is 5.92 Å². The van der Waals surface area contributed by atoms with Gasteiger partial charge in [0.1, 0.15) is 0 Å². The third-order valence-electron chi connectivity index (χ3n) is 4.14. The van der Waals surface area contributed by atoms with E-state index in [4.69, 9.17) is 0 Å². The fraction of sp³-hybridized carbons (Fsp3) is 0.909. The molecule has 0 spiro atoms. The zero-order valence-corrected chi connectivity index (χ0v) is 8.54. The monoisotopic (exact) mass is 194 g/mol. The molecule has 0 bridgehead atoms. The first-order valence-electron chi connectivity index (χ1n) is 5.87. The standard InChI is InChI=1S/C11H18N2O/c14-11(8-4-5-12-6-8)13-7-9-2-1-3-10(9)13/h8-10,12H,1-7H2. The summed E-state index contributed by atoms with van der Waals surface area (Å²) >= 11 is 0. The van der Waals surface area contributed by atoms with Crippen molar-refractivity contribution in [1.82, 2.24) is 10.2 Å². The van der Waals surface area contributed by atoms with Gasteiger partial charge >= 0.3 is 0 Å². The van der Waals surface area contributed by atoms with Crippen LogP contribution in [0.1, 0.15) is 25.7 Å². The first-order chi connectivity index (χ1) is 6.86. The smallest absolute Gasteiger partial charge is 0.227 e. The molecule has 3 unspecified atom stereocenters. The molecule has 78 valence electrons. The number of nitrogens with one attached hydrogen (secondary N) is 1. The van der Waals surface area contributed by atoms with Crippen LogP contribution in [0.3, 0.4) is 0 Å². The second-order valence-electron chi connectivity index (χ2n) is 4.94. The molecule has 3 fully saturated rings. The molecule has 0 radical (unpaired) electrons. The number of fused-ring (bicyclic) bond motifs is 1. The minimum absolute atomic E-state index is 0.288. The van der Waals surface area contributed by atoms with Crippen molar-refractivity contribution >= 4 is 5.91 Å². The normalized spacial score (nSPS) is 40.9. The Labute approximate surface area is 84.8 Å². The molecule has 0 aromatic carbocycles. The zero-order valence-electron chi connectivity index (χ0n) is 8.54. The lowest BCUT2D eigenvalue weighted by Crippen LogP contribution is -2.57. The molecule has 3 heteroatoms. The number of hydrogen-bond acceptors (Lipinski definition) is 2. The minimum atomic E-state index is 0.288. The Morgan fingerprint density at radius 1 is 1.29 bits per heavy atom. The summed E-state index contributed by atoms with van der Waals surface area (Å²) in [7, 11) is 0. The maximum Gasteiger partial charge on any atom is 0.227 e. The highest BCUT2D eigenvalue weighted by Gasteiger charge is 2.46. The van der Waals surface area contributed by atoms with Gasteiger partial charge in [0.25, 0.3) is 0 Å². The summed E-state index contributed by atoms with van der Waals surface area (Å²) in [4.78, 5) is 14.2. The number of nitrogens with zero attached hydrogens (tertiary/aromatic N) is 1. The van der Waals surface area contributed by atoms with Crippen molar-refractivity contribution in [3.8, 4) is 0 Å². The fourth-order valence-corrected chi connectivity index (χ4v) is 3.24. The van der Waals surface area contributed by atoms with Crippen LogP contribution >= 0.6 is 0 Å². The van der Waals surface area contributed by atoms with Gasteiger partial charge in [-0.25, -0.2) is 0 Å². The lowest BCUT2D eigenvalue weighted by molar-refractivity contribution is -0.146. The maximum atomic E-state index is 12.1. The Kier molecular flexibility index (Phi) is 2.01. The van der Waals surface area contributed by atoms with E-state index in [2.05, 4.69) is 10.2 Å². The van der Waals surface area contributed by atoms with Gasteiger partial charge in [-0.15, -0.1) is 0 Å². The summed E-state index contributed by atoms with van der Waals surface area (Å²) in [6.07, 6.45) is 5.00. The van der Waals surface area contributed by atoms with Crippen molar-refractivity contribution in [1.29, 1.82) is 0 Å². The molecule has 14 heavy (non-hydrogen) atoms. The van der Waals surface area contributed by atoms with E-state index < -0.39 is 0 Å². The first-order valence-corrected chi connectivity index (χ1v) is 5.87. The largest absolute Gasteiger partial charge is 0.339 e. The zero-order chi connectivity index (χ0) is 9.54. The number of carbonyl (C=O) groups excluding carboxylic acids is 1. The van der Waals surface area contributed by atoms with E-state index in [0.29, 0.717) is 11.9 Å². The lowest BCUT2D eigenvalue weighted by atomic mass is 9.90. The van der Waals surface area contributed by atoms with Gasteiger partial charge in [-0.1, -0.05) is 6.42 Å². The molecule has 1 N–H and O–H groups in total. The third kappa shape index (κ3) is 1.18. The summed E-state index contributed by atoms with van der Waals surface area (Å²) in [6, 6.07) is 0.628. The second-order valence-corrected chi connectivity index (χ2v) is 4.94. The summed E-state index contributed by atoms with van der Waals surface area (Å²) in [5, 5.41) is 3.27. The quantitative estimate of drug-likeness (QED) is 0.663. The van der Waals surface area contributed by atoms with E-state index in [1.807, 2.05) is 0 Å². The van der Waals surface area contributed by atoms with Gasteiger partial charge in [-0.3, -0.25) is 4.79 Å². The van der Waals surface area contributed by atoms with Crippen molar-refractivity contribution in [3.05, 3.63) is 0 Å². The van der Waals surface area contributed by atoms with E-state index in [9.17, 15) is 4.79 Å². The predicted molar refractivity (Wildman–Crippen MR) is 53.8 cm³/mol. The van der Waals surface area contributed by atoms with Gasteiger partial charge in [-0.2, -0.15) is 0 Å². The SMILES string of the molecule is O=C(C1CCNC1)N1CC2CCCC21. The first kappa shape index (κ1) is 8.72. The Hall–Kier alpha value is -0.570. The topological polar surface area (TPSA) is 32.3 Å². The Balaban J connectivity index is 1.63. The molecule has 2 heterocycles. The maximum absolute atomic E-state index is 12.1. The van der Waals surface area contributed by atoms with Crippen LogP contribution < -0.4 is 5.32 Å². The molecule has 3 aliphatic rings. The molecule has 1 amide bonds. The van der Waals surface area contributed by atoms with Crippen molar-refractivity contribution < 1.29 is 4.79 Å². The van der Waals surface area contributed by atoms with Crippen LogP contribution in [-0.2, 0) is 4.79 Å². The van der Waals surface area contributed by atoms with Gasteiger partial charge in [0.2, 0.25) is 5.91 Å². The molecule has 2 aliphatic heterocycles. The van der Waals surface area contributed by atoms with E-state index >= 15 is 0 Å². The average Bonchev–Trinajstić information content (AvgIpc) is 2.75.